The first-order valence-corrected chi connectivity index (χ1v) is 8.67. The van der Waals surface area contributed by atoms with Crippen LogP contribution < -0.4 is 5.32 Å². The lowest BCUT2D eigenvalue weighted by Gasteiger charge is -2.18. The van der Waals surface area contributed by atoms with E-state index in [1.807, 2.05) is 0 Å². The lowest BCUT2D eigenvalue weighted by atomic mass is 10.2. The molecule has 1 aliphatic heterocycles. The van der Waals surface area contributed by atoms with Crippen LogP contribution in [0.1, 0.15) is 46.6 Å². The Morgan fingerprint density at radius 1 is 1.38 bits per heavy atom. The average molecular weight is 311 g/mol. The van der Waals surface area contributed by atoms with Gasteiger partial charge in [0.05, 0.1) is 10.7 Å². The fourth-order valence-electron chi connectivity index (χ4n) is 2.57. The Hall–Kier alpha value is -0.980. The maximum absolute atomic E-state index is 11.3. The van der Waals surface area contributed by atoms with Crippen LogP contribution in [0.4, 0.5) is 0 Å². The molecular weight excluding hydrogens is 286 g/mol. The van der Waals surface area contributed by atoms with Gasteiger partial charge >= 0.3 is 5.97 Å². The number of nitrogens with zero attached hydrogens (tertiary/aromatic N) is 2. The standard InChI is InChI=1S/C15H25N3O2S/c1-2-3-5-12-14(15(19)20)21-13(17-12)6-10-18-9-4-7-16-8-11-18/h16H,2-11H2,1H3,(H,19,20). The molecule has 0 aromatic carbocycles. The Morgan fingerprint density at radius 2 is 2.24 bits per heavy atom. The molecule has 2 heterocycles. The summed E-state index contributed by atoms with van der Waals surface area (Å²) >= 11 is 1.36. The van der Waals surface area contributed by atoms with E-state index in [0.29, 0.717) is 4.88 Å². The van der Waals surface area contributed by atoms with Crippen LogP contribution in [0.2, 0.25) is 0 Å². The van der Waals surface area contributed by atoms with Gasteiger partial charge < -0.3 is 15.3 Å². The summed E-state index contributed by atoms with van der Waals surface area (Å²) in [6.07, 6.45) is 4.88. The van der Waals surface area contributed by atoms with Crippen LogP contribution in [0.5, 0.6) is 0 Å². The highest BCUT2D eigenvalue weighted by molar-refractivity contribution is 7.13. The number of aromatic carboxylic acids is 1. The number of unbranched alkanes of at least 4 members (excludes halogenated alkanes) is 1. The monoisotopic (exact) mass is 311 g/mol. The van der Waals surface area contributed by atoms with Gasteiger partial charge in [0.2, 0.25) is 0 Å². The molecule has 0 aliphatic carbocycles. The minimum Gasteiger partial charge on any atom is -0.477 e. The van der Waals surface area contributed by atoms with Crippen molar-refractivity contribution < 1.29 is 9.90 Å². The van der Waals surface area contributed by atoms with Crippen molar-refractivity contribution in [1.82, 2.24) is 15.2 Å². The molecule has 1 aromatic heterocycles. The number of hydrogen-bond acceptors (Lipinski definition) is 5. The Balaban J connectivity index is 1.94. The summed E-state index contributed by atoms with van der Waals surface area (Å²) in [6, 6.07) is 0. The fraction of sp³-hybridized carbons (Fsp3) is 0.733. The van der Waals surface area contributed by atoms with Crippen LogP contribution in [0.15, 0.2) is 0 Å². The molecule has 0 atom stereocenters. The van der Waals surface area contributed by atoms with Gasteiger partial charge in [0.15, 0.2) is 0 Å². The van der Waals surface area contributed by atoms with E-state index in [0.717, 1.165) is 69.1 Å². The molecule has 0 radical (unpaired) electrons. The molecule has 0 spiro atoms. The Labute approximate surface area is 130 Å². The summed E-state index contributed by atoms with van der Waals surface area (Å²) in [4.78, 5) is 18.8. The van der Waals surface area contributed by atoms with E-state index >= 15 is 0 Å². The molecule has 2 N–H and O–H groups in total. The number of carboxylic acids is 1. The molecule has 0 amide bonds. The summed E-state index contributed by atoms with van der Waals surface area (Å²) in [5.41, 5.74) is 0.780. The summed E-state index contributed by atoms with van der Waals surface area (Å²) < 4.78 is 0. The zero-order chi connectivity index (χ0) is 15.1. The predicted octanol–water partition coefficient (Wildman–Crippen LogP) is 2.02. The fourth-order valence-corrected chi connectivity index (χ4v) is 3.51. The van der Waals surface area contributed by atoms with Crippen molar-refractivity contribution in [2.24, 2.45) is 0 Å². The van der Waals surface area contributed by atoms with Gasteiger partial charge in [-0.2, -0.15) is 0 Å². The Morgan fingerprint density at radius 3 is 3.00 bits per heavy atom. The van der Waals surface area contributed by atoms with Gasteiger partial charge in [-0.3, -0.25) is 0 Å². The second-order valence-electron chi connectivity index (χ2n) is 5.49. The molecule has 1 aliphatic rings. The predicted molar refractivity (Wildman–Crippen MR) is 85.3 cm³/mol. The first-order valence-electron chi connectivity index (χ1n) is 7.85. The van der Waals surface area contributed by atoms with Crippen molar-refractivity contribution in [2.45, 2.75) is 39.0 Å². The number of aryl methyl sites for hydroxylation is 1. The number of thiazole rings is 1. The average Bonchev–Trinajstić information content (AvgIpc) is 2.70. The maximum atomic E-state index is 11.3. The van der Waals surface area contributed by atoms with Crippen LogP contribution in [0, 0.1) is 0 Å². The first-order chi connectivity index (χ1) is 10.2. The van der Waals surface area contributed by atoms with Crippen LogP contribution >= 0.6 is 11.3 Å². The van der Waals surface area contributed by atoms with Gasteiger partial charge in [0.1, 0.15) is 4.88 Å². The highest BCUT2D eigenvalue weighted by Gasteiger charge is 2.17. The molecule has 5 nitrogen and oxygen atoms in total. The number of carbonyl (C=O) groups is 1. The molecule has 1 fully saturated rings. The lowest BCUT2D eigenvalue weighted by Crippen LogP contribution is -2.30. The second-order valence-corrected chi connectivity index (χ2v) is 6.57. The quantitative estimate of drug-likeness (QED) is 0.806. The van der Waals surface area contributed by atoms with Crippen LogP contribution in [-0.2, 0) is 12.8 Å². The topological polar surface area (TPSA) is 65.5 Å². The van der Waals surface area contributed by atoms with E-state index in [9.17, 15) is 9.90 Å². The van der Waals surface area contributed by atoms with E-state index in [1.165, 1.54) is 17.8 Å². The minimum atomic E-state index is -0.830. The summed E-state index contributed by atoms with van der Waals surface area (Å²) in [5, 5.41) is 13.6. The number of aromatic nitrogens is 1. The summed E-state index contributed by atoms with van der Waals surface area (Å²) in [6.45, 7) is 7.41. The molecule has 6 heteroatoms. The van der Waals surface area contributed by atoms with Crippen molar-refractivity contribution in [2.75, 3.05) is 32.7 Å². The third-order valence-corrected chi connectivity index (χ3v) is 4.92. The molecule has 0 bridgehead atoms. The van der Waals surface area contributed by atoms with Crippen LogP contribution in [0.3, 0.4) is 0 Å². The molecule has 1 aromatic rings. The largest absolute Gasteiger partial charge is 0.477 e. The van der Waals surface area contributed by atoms with Crippen molar-refractivity contribution in [3.63, 3.8) is 0 Å². The van der Waals surface area contributed by atoms with E-state index in [-0.39, 0.29) is 0 Å². The van der Waals surface area contributed by atoms with Gasteiger partial charge in [0, 0.05) is 26.1 Å². The summed E-state index contributed by atoms with van der Waals surface area (Å²) in [5.74, 6) is -0.830. The SMILES string of the molecule is CCCCc1nc(CCN2CCCNCC2)sc1C(=O)O. The zero-order valence-electron chi connectivity index (χ0n) is 12.7. The molecule has 21 heavy (non-hydrogen) atoms. The Bertz CT molecular complexity index is 454. The smallest absolute Gasteiger partial charge is 0.347 e. The first kappa shape index (κ1) is 16.4. The molecule has 0 saturated carbocycles. The summed E-state index contributed by atoms with van der Waals surface area (Å²) in [7, 11) is 0. The number of hydrogen-bond donors (Lipinski definition) is 2. The minimum absolute atomic E-state index is 0.441. The molecular formula is C15H25N3O2S. The normalized spacial score (nSPS) is 16.8. The van der Waals surface area contributed by atoms with E-state index < -0.39 is 5.97 Å². The zero-order valence-corrected chi connectivity index (χ0v) is 13.5. The number of nitrogens with one attached hydrogen (secondary N) is 1. The number of rotatable bonds is 7. The highest BCUT2D eigenvalue weighted by Crippen LogP contribution is 2.21. The van der Waals surface area contributed by atoms with Gasteiger partial charge in [-0.15, -0.1) is 11.3 Å². The van der Waals surface area contributed by atoms with E-state index in [2.05, 4.69) is 22.1 Å². The second kappa shape index (κ2) is 8.46. The van der Waals surface area contributed by atoms with Crippen molar-refractivity contribution >= 4 is 17.3 Å². The van der Waals surface area contributed by atoms with Gasteiger partial charge in [-0.25, -0.2) is 9.78 Å². The molecule has 2 rings (SSSR count). The molecule has 0 unspecified atom stereocenters. The maximum Gasteiger partial charge on any atom is 0.347 e. The van der Waals surface area contributed by atoms with Gasteiger partial charge in [-0.05, 0) is 32.4 Å². The Kier molecular flexibility index (Phi) is 6.60. The van der Waals surface area contributed by atoms with E-state index in [4.69, 9.17) is 0 Å². The number of carboxylic acid groups (broad SMARTS) is 1. The van der Waals surface area contributed by atoms with Gasteiger partial charge in [-0.1, -0.05) is 13.3 Å². The van der Waals surface area contributed by atoms with Crippen molar-refractivity contribution in [1.29, 1.82) is 0 Å². The molecule has 118 valence electrons. The highest BCUT2D eigenvalue weighted by atomic mass is 32.1. The third kappa shape index (κ3) is 5.05. The van der Waals surface area contributed by atoms with Crippen LogP contribution in [-0.4, -0.2) is 53.7 Å². The lowest BCUT2D eigenvalue weighted by molar-refractivity contribution is 0.0700. The van der Waals surface area contributed by atoms with Crippen molar-refractivity contribution in [3.05, 3.63) is 15.6 Å². The van der Waals surface area contributed by atoms with Crippen molar-refractivity contribution in [3.8, 4) is 0 Å². The van der Waals surface area contributed by atoms with Gasteiger partial charge in [0.25, 0.3) is 0 Å². The van der Waals surface area contributed by atoms with Crippen LogP contribution in [0.25, 0.3) is 0 Å². The van der Waals surface area contributed by atoms with E-state index in [1.54, 1.807) is 0 Å². The third-order valence-electron chi connectivity index (χ3n) is 3.78. The molecule has 1 saturated heterocycles.